The van der Waals surface area contributed by atoms with E-state index in [9.17, 15) is 0 Å². The van der Waals surface area contributed by atoms with Crippen LogP contribution < -0.4 is 5.32 Å². The molecule has 0 fully saturated rings. The van der Waals surface area contributed by atoms with Crippen molar-refractivity contribution >= 4 is 32.8 Å². The summed E-state index contributed by atoms with van der Waals surface area (Å²) in [5, 5.41) is 4.63. The Balaban J connectivity index is 1.69. The first-order valence-corrected chi connectivity index (χ1v) is 11.0. The normalized spacial score (nSPS) is 12.1. The highest BCUT2D eigenvalue weighted by Gasteiger charge is 2.18. The van der Waals surface area contributed by atoms with Crippen molar-refractivity contribution in [3.63, 3.8) is 0 Å². The predicted octanol–water partition coefficient (Wildman–Crippen LogP) is 7.02. The van der Waals surface area contributed by atoms with E-state index in [2.05, 4.69) is 110 Å². The Morgan fingerprint density at radius 1 is 0.839 bits per heavy atom. The third-order valence-corrected chi connectivity index (χ3v) is 5.95. The van der Waals surface area contributed by atoms with Gasteiger partial charge in [-0.3, -0.25) is 0 Å². The van der Waals surface area contributed by atoms with Crippen LogP contribution in [0.1, 0.15) is 18.5 Å². The molecule has 3 aromatic carbocycles. The molecule has 152 valence electrons. The van der Waals surface area contributed by atoms with Gasteiger partial charge < -0.3 is 9.88 Å². The zero-order valence-corrected chi connectivity index (χ0v) is 18.6. The number of hydrogen-bond donors (Lipinski definition) is 1. The van der Waals surface area contributed by atoms with Crippen molar-refractivity contribution in [2.45, 2.75) is 13.0 Å². The third kappa shape index (κ3) is 3.84. The SMILES string of the molecule is CC(Nc1ncnc2c1c(-c1ccccc1)cn2-c1ccc(Br)cc1)c1ccccc1. The molecule has 4 nitrogen and oxygen atoms in total. The molecule has 5 aromatic rings. The summed E-state index contributed by atoms with van der Waals surface area (Å²) >= 11 is 3.53. The fraction of sp³-hybridized carbons (Fsp3) is 0.0769. The minimum atomic E-state index is 0.110. The van der Waals surface area contributed by atoms with Crippen LogP contribution in [0.15, 0.2) is 102 Å². The van der Waals surface area contributed by atoms with E-state index in [0.29, 0.717) is 0 Å². The molecule has 0 aliphatic carbocycles. The smallest absolute Gasteiger partial charge is 0.150 e. The number of hydrogen-bond acceptors (Lipinski definition) is 3. The van der Waals surface area contributed by atoms with Crippen molar-refractivity contribution in [3.8, 4) is 16.8 Å². The highest BCUT2D eigenvalue weighted by Crippen LogP contribution is 2.36. The monoisotopic (exact) mass is 468 g/mol. The second-order valence-electron chi connectivity index (χ2n) is 7.45. The summed E-state index contributed by atoms with van der Waals surface area (Å²) in [4.78, 5) is 9.30. The summed E-state index contributed by atoms with van der Waals surface area (Å²) in [5.41, 5.74) is 5.37. The first kappa shape index (κ1) is 19.5. The van der Waals surface area contributed by atoms with Gasteiger partial charge in [-0.25, -0.2) is 9.97 Å². The van der Waals surface area contributed by atoms with Gasteiger partial charge in [-0.05, 0) is 42.3 Å². The second kappa shape index (κ2) is 8.36. The lowest BCUT2D eigenvalue weighted by Gasteiger charge is -2.16. The van der Waals surface area contributed by atoms with Crippen molar-refractivity contribution in [1.29, 1.82) is 0 Å². The van der Waals surface area contributed by atoms with E-state index >= 15 is 0 Å². The van der Waals surface area contributed by atoms with Gasteiger partial charge in [0.2, 0.25) is 0 Å². The molecular formula is C26H21BrN4. The zero-order chi connectivity index (χ0) is 21.2. The Morgan fingerprint density at radius 3 is 2.23 bits per heavy atom. The molecule has 0 spiro atoms. The average molecular weight is 469 g/mol. The van der Waals surface area contributed by atoms with Crippen LogP contribution in [0, 0.1) is 0 Å². The molecule has 5 heteroatoms. The van der Waals surface area contributed by atoms with Gasteiger partial charge in [0, 0.05) is 28.0 Å². The fourth-order valence-corrected chi connectivity index (χ4v) is 4.10. The standard InChI is InChI=1S/C26H21BrN4/c1-18(19-8-4-2-5-9-19)30-25-24-23(20-10-6-3-7-11-20)16-31(26(24)29-17-28-25)22-14-12-21(27)13-15-22/h2-18H,1H3,(H,28,29,30). The lowest BCUT2D eigenvalue weighted by Crippen LogP contribution is -2.08. The van der Waals surface area contributed by atoms with E-state index in [0.717, 1.165) is 38.1 Å². The zero-order valence-electron chi connectivity index (χ0n) is 17.0. The molecule has 2 heterocycles. The highest BCUT2D eigenvalue weighted by molar-refractivity contribution is 9.10. The van der Waals surface area contributed by atoms with E-state index in [-0.39, 0.29) is 6.04 Å². The van der Waals surface area contributed by atoms with Gasteiger partial charge >= 0.3 is 0 Å². The summed E-state index contributed by atoms with van der Waals surface area (Å²) < 4.78 is 3.18. The molecule has 31 heavy (non-hydrogen) atoms. The number of rotatable bonds is 5. The quantitative estimate of drug-likeness (QED) is 0.301. The van der Waals surface area contributed by atoms with Crippen LogP contribution in [0.25, 0.3) is 27.8 Å². The van der Waals surface area contributed by atoms with Crippen LogP contribution in [0.5, 0.6) is 0 Å². The van der Waals surface area contributed by atoms with Gasteiger partial charge in [0.05, 0.1) is 5.39 Å². The molecule has 1 unspecified atom stereocenters. The lowest BCUT2D eigenvalue weighted by atomic mass is 10.1. The van der Waals surface area contributed by atoms with Crippen LogP contribution in [-0.4, -0.2) is 14.5 Å². The summed E-state index contributed by atoms with van der Waals surface area (Å²) in [6, 6.07) is 29.2. The Kier molecular flexibility index (Phi) is 5.26. The van der Waals surface area contributed by atoms with E-state index < -0.39 is 0 Å². The Labute approximate surface area is 189 Å². The summed E-state index contributed by atoms with van der Waals surface area (Å²) in [5.74, 6) is 0.830. The lowest BCUT2D eigenvalue weighted by molar-refractivity contribution is 0.875. The fourth-order valence-electron chi connectivity index (χ4n) is 3.84. The van der Waals surface area contributed by atoms with Crippen molar-refractivity contribution in [2.24, 2.45) is 0 Å². The average Bonchev–Trinajstić information content (AvgIpc) is 3.21. The maximum Gasteiger partial charge on any atom is 0.150 e. The molecule has 0 bridgehead atoms. The molecule has 0 saturated carbocycles. The van der Waals surface area contributed by atoms with Crippen molar-refractivity contribution in [1.82, 2.24) is 14.5 Å². The van der Waals surface area contributed by atoms with Crippen LogP contribution in [0.3, 0.4) is 0 Å². The number of benzene rings is 3. The molecule has 0 radical (unpaired) electrons. The first-order valence-electron chi connectivity index (χ1n) is 10.2. The maximum absolute atomic E-state index is 4.67. The predicted molar refractivity (Wildman–Crippen MR) is 130 cm³/mol. The van der Waals surface area contributed by atoms with E-state index in [1.54, 1.807) is 6.33 Å². The van der Waals surface area contributed by atoms with Gasteiger partial charge in [-0.2, -0.15) is 0 Å². The topological polar surface area (TPSA) is 42.7 Å². The van der Waals surface area contributed by atoms with Crippen LogP contribution in [-0.2, 0) is 0 Å². The second-order valence-corrected chi connectivity index (χ2v) is 8.37. The van der Waals surface area contributed by atoms with Gasteiger partial charge in [0.25, 0.3) is 0 Å². The summed E-state index contributed by atoms with van der Waals surface area (Å²) in [6.45, 7) is 2.15. The largest absolute Gasteiger partial charge is 0.363 e. The number of aromatic nitrogens is 3. The minimum absolute atomic E-state index is 0.110. The molecule has 5 rings (SSSR count). The summed E-state index contributed by atoms with van der Waals surface area (Å²) in [7, 11) is 0. The van der Waals surface area contributed by atoms with Gasteiger partial charge in [-0.15, -0.1) is 0 Å². The molecule has 1 atom stereocenters. The Bertz CT molecular complexity index is 1310. The molecule has 0 saturated heterocycles. The van der Waals surface area contributed by atoms with Gasteiger partial charge in [0.15, 0.2) is 5.65 Å². The van der Waals surface area contributed by atoms with Crippen LogP contribution >= 0.6 is 15.9 Å². The van der Waals surface area contributed by atoms with Crippen molar-refractivity contribution in [3.05, 3.63) is 107 Å². The number of nitrogens with one attached hydrogen (secondary N) is 1. The van der Waals surface area contributed by atoms with Gasteiger partial charge in [0.1, 0.15) is 12.1 Å². The number of anilines is 1. The minimum Gasteiger partial charge on any atom is -0.363 e. The van der Waals surface area contributed by atoms with Gasteiger partial charge in [-0.1, -0.05) is 76.6 Å². The van der Waals surface area contributed by atoms with E-state index in [1.165, 1.54) is 5.56 Å². The first-order chi connectivity index (χ1) is 15.2. The van der Waals surface area contributed by atoms with Crippen LogP contribution in [0.4, 0.5) is 5.82 Å². The third-order valence-electron chi connectivity index (χ3n) is 5.43. The van der Waals surface area contributed by atoms with Crippen LogP contribution in [0.2, 0.25) is 0 Å². The van der Waals surface area contributed by atoms with Crippen molar-refractivity contribution in [2.75, 3.05) is 5.32 Å². The molecule has 1 N–H and O–H groups in total. The summed E-state index contributed by atoms with van der Waals surface area (Å²) in [6.07, 6.45) is 3.78. The molecule has 0 aliphatic heterocycles. The van der Waals surface area contributed by atoms with E-state index in [1.807, 2.05) is 24.3 Å². The number of nitrogens with zero attached hydrogens (tertiary/aromatic N) is 3. The Morgan fingerprint density at radius 2 is 1.52 bits per heavy atom. The Hall–Kier alpha value is -3.44. The number of halogens is 1. The van der Waals surface area contributed by atoms with Crippen molar-refractivity contribution < 1.29 is 0 Å². The molecular weight excluding hydrogens is 448 g/mol. The molecule has 0 amide bonds. The maximum atomic E-state index is 4.67. The highest BCUT2D eigenvalue weighted by atomic mass is 79.9. The molecule has 2 aromatic heterocycles. The van der Waals surface area contributed by atoms with E-state index in [4.69, 9.17) is 0 Å². The molecule has 0 aliphatic rings. The number of fused-ring (bicyclic) bond motifs is 1.